The van der Waals surface area contributed by atoms with E-state index in [-0.39, 0.29) is 18.1 Å². The smallest absolute Gasteiger partial charge is 0.254 e. The summed E-state index contributed by atoms with van der Waals surface area (Å²) in [5, 5.41) is 0. The monoisotopic (exact) mass is 339 g/mol. The fraction of sp³-hybridized carbons (Fsp3) is 0.400. The number of amides is 1. The highest BCUT2D eigenvalue weighted by molar-refractivity contribution is 5.94. The lowest BCUT2D eigenvalue weighted by atomic mass is 10.0. The summed E-state index contributed by atoms with van der Waals surface area (Å²) in [5.41, 5.74) is 1.89. The van der Waals surface area contributed by atoms with Crippen molar-refractivity contribution in [3.05, 3.63) is 59.9 Å². The zero-order valence-corrected chi connectivity index (χ0v) is 15.1. The Morgan fingerprint density at radius 1 is 1.12 bits per heavy atom. The SMILES string of the molecule is CC(C)Oc1ccc(C2CN(C(=O)c3ccncc3)CCN2C)cc1. The first-order chi connectivity index (χ1) is 12.0. The molecule has 5 nitrogen and oxygen atoms in total. The van der Waals surface area contributed by atoms with E-state index in [9.17, 15) is 4.79 Å². The van der Waals surface area contributed by atoms with Crippen LogP contribution in [0.25, 0.3) is 0 Å². The van der Waals surface area contributed by atoms with Crippen LogP contribution in [0.1, 0.15) is 35.8 Å². The first-order valence-electron chi connectivity index (χ1n) is 8.71. The third-order valence-corrected chi connectivity index (χ3v) is 4.50. The maximum atomic E-state index is 12.7. The second-order valence-electron chi connectivity index (χ2n) is 6.72. The topological polar surface area (TPSA) is 45.7 Å². The fourth-order valence-electron chi connectivity index (χ4n) is 3.14. The Hall–Kier alpha value is -2.40. The van der Waals surface area contributed by atoms with E-state index in [1.165, 1.54) is 5.56 Å². The molecule has 0 radical (unpaired) electrons. The van der Waals surface area contributed by atoms with Gasteiger partial charge < -0.3 is 9.64 Å². The lowest BCUT2D eigenvalue weighted by Gasteiger charge is -2.39. The van der Waals surface area contributed by atoms with Crippen molar-refractivity contribution in [3.63, 3.8) is 0 Å². The van der Waals surface area contributed by atoms with E-state index in [2.05, 4.69) is 29.1 Å². The minimum atomic E-state index is 0.0697. The van der Waals surface area contributed by atoms with E-state index in [1.54, 1.807) is 24.5 Å². The number of carbonyl (C=O) groups is 1. The molecule has 1 aromatic heterocycles. The lowest BCUT2D eigenvalue weighted by Crippen LogP contribution is -2.49. The van der Waals surface area contributed by atoms with Gasteiger partial charge in [0.2, 0.25) is 0 Å². The van der Waals surface area contributed by atoms with Crippen LogP contribution >= 0.6 is 0 Å². The Morgan fingerprint density at radius 2 is 1.80 bits per heavy atom. The second-order valence-corrected chi connectivity index (χ2v) is 6.72. The van der Waals surface area contributed by atoms with Gasteiger partial charge in [-0.05, 0) is 50.7 Å². The van der Waals surface area contributed by atoms with Gasteiger partial charge >= 0.3 is 0 Å². The summed E-state index contributed by atoms with van der Waals surface area (Å²) in [6.45, 7) is 6.31. The molecule has 132 valence electrons. The zero-order chi connectivity index (χ0) is 17.8. The molecule has 2 aromatic rings. The van der Waals surface area contributed by atoms with Crippen LogP contribution in [0, 0.1) is 0 Å². The minimum absolute atomic E-state index is 0.0697. The standard InChI is InChI=1S/C20H25N3O2/c1-15(2)25-18-6-4-16(5-7-18)19-14-23(13-12-22(19)3)20(24)17-8-10-21-11-9-17/h4-11,15,19H,12-14H2,1-3H3. The van der Waals surface area contributed by atoms with Crippen LogP contribution in [0.4, 0.5) is 0 Å². The maximum Gasteiger partial charge on any atom is 0.254 e. The molecule has 2 heterocycles. The van der Waals surface area contributed by atoms with Crippen molar-refractivity contribution >= 4 is 5.91 Å². The predicted octanol–water partition coefficient (Wildman–Crippen LogP) is 3.00. The summed E-state index contributed by atoms with van der Waals surface area (Å²) in [7, 11) is 2.11. The number of carbonyl (C=O) groups excluding carboxylic acids is 1. The summed E-state index contributed by atoms with van der Waals surface area (Å²) < 4.78 is 5.72. The van der Waals surface area contributed by atoms with Gasteiger partial charge in [0.1, 0.15) is 5.75 Å². The van der Waals surface area contributed by atoms with E-state index in [4.69, 9.17) is 4.74 Å². The van der Waals surface area contributed by atoms with Crippen LogP contribution in [-0.2, 0) is 0 Å². The largest absolute Gasteiger partial charge is 0.491 e. The molecule has 3 rings (SSSR count). The van der Waals surface area contributed by atoms with Crippen LogP contribution in [0.5, 0.6) is 5.75 Å². The number of ether oxygens (including phenoxy) is 1. The number of likely N-dealkylation sites (N-methyl/N-ethyl adjacent to an activating group) is 1. The average Bonchev–Trinajstić information content (AvgIpc) is 2.63. The van der Waals surface area contributed by atoms with Gasteiger partial charge in [-0.15, -0.1) is 0 Å². The third-order valence-electron chi connectivity index (χ3n) is 4.50. The summed E-state index contributed by atoms with van der Waals surface area (Å²) in [6, 6.07) is 11.9. The van der Waals surface area contributed by atoms with Crippen molar-refractivity contribution in [3.8, 4) is 5.75 Å². The normalized spacial score (nSPS) is 18.4. The van der Waals surface area contributed by atoms with Gasteiger partial charge in [-0.3, -0.25) is 14.7 Å². The molecule has 1 saturated heterocycles. The van der Waals surface area contributed by atoms with Gasteiger partial charge in [-0.2, -0.15) is 0 Å². The molecule has 0 spiro atoms. The Labute approximate surface area is 149 Å². The van der Waals surface area contributed by atoms with Crippen molar-refractivity contribution in [1.82, 2.24) is 14.8 Å². The summed E-state index contributed by atoms with van der Waals surface area (Å²) in [4.78, 5) is 20.9. The molecule has 25 heavy (non-hydrogen) atoms. The highest BCUT2D eigenvalue weighted by Gasteiger charge is 2.28. The van der Waals surface area contributed by atoms with Crippen LogP contribution in [-0.4, -0.2) is 53.5 Å². The van der Waals surface area contributed by atoms with E-state index in [0.717, 1.165) is 18.8 Å². The molecule has 1 fully saturated rings. The molecule has 0 bridgehead atoms. The fourth-order valence-corrected chi connectivity index (χ4v) is 3.14. The quantitative estimate of drug-likeness (QED) is 0.859. The molecule has 0 N–H and O–H groups in total. The number of hydrogen-bond acceptors (Lipinski definition) is 4. The van der Waals surface area contributed by atoms with Gasteiger partial charge in [0.05, 0.1) is 12.1 Å². The van der Waals surface area contributed by atoms with Crippen molar-refractivity contribution in [1.29, 1.82) is 0 Å². The number of rotatable bonds is 4. The van der Waals surface area contributed by atoms with Gasteiger partial charge in [0.15, 0.2) is 0 Å². The molecule has 0 aliphatic carbocycles. The lowest BCUT2D eigenvalue weighted by molar-refractivity contribution is 0.0546. The first kappa shape index (κ1) is 17.4. The van der Waals surface area contributed by atoms with Crippen LogP contribution < -0.4 is 4.74 Å². The van der Waals surface area contributed by atoms with Crippen molar-refractivity contribution < 1.29 is 9.53 Å². The molecule has 1 aliphatic rings. The van der Waals surface area contributed by atoms with Crippen molar-refractivity contribution in [2.24, 2.45) is 0 Å². The molecule has 1 aliphatic heterocycles. The van der Waals surface area contributed by atoms with E-state index in [1.807, 2.05) is 30.9 Å². The molecule has 1 atom stereocenters. The molecular formula is C20H25N3O2. The van der Waals surface area contributed by atoms with Crippen LogP contribution in [0.15, 0.2) is 48.8 Å². The molecule has 1 unspecified atom stereocenters. The van der Waals surface area contributed by atoms with Gasteiger partial charge in [-0.25, -0.2) is 0 Å². The summed E-state index contributed by atoms with van der Waals surface area (Å²) in [6.07, 6.45) is 3.49. The van der Waals surface area contributed by atoms with Crippen molar-refractivity contribution in [2.45, 2.75) is 26.0 Å². The molecule has 0 saturated carbocycles. The van der Waals surface area contributed by atoms with E-state index in [0.29, 0.717) is 12.1 Å². The average molecular weight is 339 g/mol. The Kier molecular flexibility index (Phi) is 5.34. The Balaban J connectivity index is 1.73. The number of benzene rings is 1. The summed E-state index contributed by atoms with van der Waals surface area (Å²) in [5.74, 6) is 0.946. The third kappa shape index (κ3) is 4.17. The number of piperazine rings is 1. The van der Waals surface area contributed by atoms with Crippen LogP contribution in [0.3, 0.4) is 0 Å². The maximum absolute atomic E-state index is 12.7. The van der Waals surface area contributed by atoms with Gasteiger partial charge in [0.25, 0.3) is 5.91 Å². The minimum Gasteiger partial charge on any atom is -0.491 e. The van der Waals surface area contributed by atoms with Gasteiger partial charge in [0, 0.05) is 37.6 Å². The van der Waals surface area contributed by atoms with Crippen LogP contribution in [0.2, 0.25) is 0 Å². The number of aromatic nitrogens is 1. The van der Waals surface area contributed by atoms with E-state index < -0.39 is 0 Å². The van der Waals surface area contributed by atoms with E-state index >= 15 is 0 Å². The van der Waals surface area contributed by atoms with Gasteiger partial charge in [-0.1, -0.05) is 12.1 Å². The number of pyridine rings is 1. The highest BCUT2D eigenvalue weighted by atomic mass is 16.5. The van der Waals surface area contributed by atoms with Crippen molar-refractivity contribution in [2.75, 3.05) is 26.7 Å². The predicted molar refractivity (Wildman–Crippen MR) is 97.7 cm³/mol. The Morgan fingerprint density at radius 3 is 2.44 bits per heavy atom. The number of hydrogen-bond donors (Lipinski definition) is 0. The second kappa shape index (κ2) is 7.66. The first-order valence-corrected chi connectivity index (χ1v) is 8.71. The molecule has 1 aromatic carbocycles. The molecule has 1 amide bonds. The summed E-state index contributed by atoms with van der Waals surface area (Å²) >= 11 is 0. The molecule has 5 heteroatoms. The zero-order valence-electron chi connectivity index (χ0n) is 15.1. The molecular weight excluding hydrogens is 314 g/mol. The Bertz CT molecular complexity index is 701. The number of nitrogens with zero attached hydrogens (tertiary/aromatic N) is 3. The highest BCUT2D eigenvalue weighted by Crippen LogP contribution is 2.26.